The number of aromatic amines is 1. The van der Waals surface area contributed by atoms with Gasteiger partial charge in [-0.25, -0.2) is 18.9 Å². The quantitative estimate of drug-likeness (QED) is 0.281. The summed E-state index contributed by atoms with van der Waals surface area (Å²) in [6, 6.07) is 6.90. The molecule has 1 aliphatic rings. The van der Waals surface area contributed by atoms with Gasteiger partial charge in [0.25, 0.3) is 11.1 Å². The summed E-state index contributed by atoms with van der Waals surface area (Å²) >= 11 is 7.64. The molecule has 5 heterocycles. The lowest BCUT2D eigenvalue weighted by Crippen LogP contribution is -2.34. The number of benzene rings is 1. The van der Waals surface area contributed by atoms with Gasteiger partial charge < -0.3 is 9.88 Å². The molecule has 6 rings (SSSR count). The first-order valence-corrected chi connectivity index (χ1v) is 12.7. The number of fused-ring (bicyclic) bond motifs is 2. The van der Waals surface area contributed by atoms with Crippen molar-refractivity contribution in [1.82, 2.24) is 34.1 Å². The van der Waals surface area contributed by atoms with Crippen molar-refractivity contribution in [1.29, 1.82) is 0 Å². The molecule has 13 heteroatoms. The number of hydrogen-bond acceptors (Lipinski definition) is 8. The Balaban J connectivity index is 1.63. The van der Waals surface area contributed by atoms with Crippen molar-refractivity contribution in [2.24, 2.45) is 0 Å². The molecule has 0 aliphatic carbocycles. The van der Waals surface area contributed by atoms with E-state index >= 15 is 0 Å². The molecular formula is C23H18ClFN8O2S. The Morgan fingerprint density at radius 3 is 2.89 bits per heavy atom. The van der Waals surface area contributed by atoms with Gasteiger partial charge in [-0.05, 0) is 43.4 Å². The van der Waals surface area contributed by atoms with Crippen LogP contribution in [0.4, 0.5) is 10.2 Å². The molecule has 0 bridgehead atoms. The van der Waals surface area contributed by atoms with Gasteiger partial charge in [-0.1, -0.05) is 29.4 Å². The van der Waals surface area contributed by atoms with Crippen LogP contribution in [0.25, 0.3) is 22.2 Å². The minimum atomic E-state index is -0.487. The summed E-state index contributed by atoms with van der Waals surface area (Å²) in [6.07, 6.45) is 6.14. The highest BCUT2D eigenvalue weighted by atomic mass is 35.5. The van der Waals surface area contributed by atoms with Crippen molar-refractivity contribution in [3.8, 4) is 5.69 Å². The second-order valence-electron chi connectivity index (χ2n) is 8.25. The van der Waals surface area contributed by atoms with Gasteiger partial charge in [0.1, 0.15) is 22.5 Å². The van der Waals surface area contributed by atoms with Gasteiger partial charge in [-0.15, -0.1) is 0 Å². The van der Waals surface area contributed by atoms with Gasteiger partial charge in [0.15, 0.2) is 16.6 Å². The largest absolute Gasteiger partial charge is 0.345 e. The molecule has 1 aromatic carbocycles. The Morgan fingerprint density at radius 1 is 1.22 bits per heavy atom. The van der Waals surface area contributed by atoms with Crippen LogP contribution in [0.5, 0.6) is 0 Å². The second kappa shape index (κ2) is 8.71. The summed E-state index contributed by atoms with van der Waals surface area (Å²) in [7, 11) is 0. The van der Waals surface area contributed by atoms with Gasteiger partial charge >= 0.3 is 0 Å². The molecule has 1 aliphatic heterocycles. The smallest absolute Gasteiger partial charge is 0.285 e. The Bertz CT molecular complexity index is 1770. The van der Waals surface area contributed by atoms with Crippen molar-refractivity contribution in [3.63, 3.8) is 0 Å². The standard InChI is InChI=1S/C23H18ClFN8O2S/c1-36-23-28-18-16(21(34)27-11-26-18)20(29-23)31-8-3-6-15(31)19-30-32-9-7-14(24)17(32)22(35)33(19)13-5-2-4-12(25)10-13/h2,4-5,7,9-11,15H,3,6,8H2,1H3,(H,26,27,28,29,34). The van der Waals surface area contributed by atoms with Crippen molar-refractivity contribution in [3.05, 3.63) is 80.2 Å². The molecule has 0 amide bonds. The fraction of sp³-hybridized carbons (Fsp3) is 0.217. The zero-order valence-electron chi connectivity index (χ0n) is 18.9. The monoisotopic (exact) mass is 524 g/mol. The normalized spacial score (nSPS) is 15.9. The third kappa shape index (κ3) is 3.56. The first-order valence-electron chi connectivity index (χ1n) is 11.1. The number of anilines is 1. The van der Waals surface area contributed by atoms with E-state index in [-0.39, 0.29) is 15.9 Å². The first-order chi connectivity index (χ1) is 17.5. The molecule has 10 nitrogen and oxygen atoms in total. The Hall–Kier alpha value is -3.77. The van der Waals surface area contributed by atoms with Crippen LogP contribution in [-0.2, 0) is 0 Å². The molecule has 0 saturated carbocycles. The number of halogens is 2. The average molecular weight is 525 g/mol. The molecule has 1 fully saturated rings. The molecule has 1 atom stereocenters. The lowest BCUT2D eigenvalue weighted by molar-refractivity contribution is 0.595. The third-order valence-electron chi connectivity index (χ3n) is 6.20. The lowest BCUT2D eigenvalue weighted by Gasteiger charge is -2.28. The molecule has 0 radical (unpaired) electrons. The fourth-order valence-corrected chi connectivity index (χ4v) is 5.25. The number of thioether (sulfide) groups is 1. The zero-order chi connectivity index (χ0) is 25.0. The van der Waals surface area contributed by atoms with E-state index in [0.717, 1.165) is 6.42 Å². The van der Waals surface area contributed by atoms with Crippen molar-refractivity contribution in [2.75, 3.05) is 17.7 Å². The van der Waals surface area contributed by atoms with E-state index in [1.54, 1.807) is 18.3 Å². The number of nitrogens with one attached hydrogen (secondary N) is 1. The summed E-state index contributed by atoms with van der Waals surface area (Å²) in [5.74, 6) is 0.298. The van der Waals surface area contributed by atoms with Crippen LogP contribution >= 0.6 is 23.4 Å². The van der Waals surface area contributed by atoms with Crippen LogP contribution in [0.3, 0.4) is 0 Å². The highest BCUT2D eigenvalue weighted by Crippen LogP contribution is 2.37. The summed E-state index contributed by atoms with van der Waals surface area (Å²) in [6.45, 7) is 0.558. The highest BCUT2D eigenvalue weighted by Gasteiger charge is 2.34. The maximum absolute atomic E-state index is 14.2. The molecule has 0 spiro atoms. The van der Waals surface area contributed by atoms with Gasteiger partial charge in [-0.2, -0.15) is 10.1 Å². The zero-order valence-corrected chi connectivity index (χ0v) is 20.4. The first kappa shape index (κ1) is 22.7. The van der Waals surface area contributed by atoms with Crippen molar-refractivity contribution < 1.29 is 4.39 Å². The molecule has 1 N–H and O–H groups in total. The summed E-state index contributed by atoms with van der Waals surface area (Å²) in [4.78, 5) is 44.3. The Labute approximate surface area is 211 Å². The van der Waals surface area contributed by atoms with E-state index in [9.17, 15) is 14.0 Å². The van der Waals surface area contributed by atoms with Gasteiger partial charge in [0.05, 0.1) is 23.1 Å². The lowest BCUT2D eigenvalue weighted by atomic mass is 10.2. The van der Waals surface area contributed by atoms with Crippen molar-refractivity contribution >= 4 is 45.7 Å². The summed E-state index contributed by atoms with van der Waals surface area (Å²) < 4.78 is 17.0. The van der Waals surface area contributed by atoms with E-state index in [0.29, 0.717) is 41.1 Å². The van der Waals surface area contributed by atoms with Crippen LogP contribution in [0.2, 0.25) is 5.02 Å². The average Bonchev–Trinajstić information content (AvgIpc) is 3.50. The maximum atomic E-state index is 14.2. The van der Waals surface area contributed by atoms with Crippen LogP contribution < -0.4 is 16.0 Å². The van der Waals surface area contributed by atoms with Gasteiger partial charge in [0, 0.05) is 12.7 Å². The summed E-state index contributed by atoms with van der Waals surface area (Å²) in [5, 5.41) is 5.73. The summed E-state index contributed by atoms with van der Waals surface area (Å²) in [5.41, 5.74) is 0.000570. The van der Waals surface area contributed by atoms with E-state index in [4.69, 9.17) is 16.7 Å². The Morgan fingerprint density at radius 2 is 2.08 bits per heavy atom. The predicted molar refractivity (Wildman–Crippen MR) is 135 cm³/mol. The molecular weight excluding hydrogens is 507 g/mol. The van der Waals surface area contributed by atoms with E-state index in [1.807, 2.05) is 11.2 Å². The highest BCUT2D eigenvalue weighted by molar-refractivity contribution is 7.98. The van der Waals surface area contributed by atoms with E-state index < -0.39 is 23.0 Å². The maximum Gasteiger partial charge on any atom is 0.285 e. The van der Waals surface area contributed by atoms with Crippen molar-refractivity contribution in [2.45, 2.75) is 24.0 Å². The van der Waals surface area contributed by atoms with Crippen LogP contribution in [0.1, 0.15) is 24.7 Å². The van der Waals surface area contributed by atoms with Gasteiger partial charge in [0.2, 0.25) is 0 Å². The van der Waals surface area contributed by atoms with Crippen LogP contribution in [0.15, 0.2) is 57.6 Å². The van der Waals surface area contributed by atoms with Crippen LogP contribution in [-0.4, -0.2) is 46.9 Å². The van der Waals surface area contributed by atoms with Gasteiger partial charge in [-0.3, -0.25) is 14.2 Å². The second-order valence-corrected chi connectivity index (χ2v) is 9.43. The molecule has 182 valence electrons. The topological polar surface area (TPSA) is 114 Å². The third-order valence-corrected chi connectivity index (χ3v) is 7.05. The SMILES string of the molecule is CSc1nc(N2CCCC2c2nn3ccc(Cl)c3c(=O)n2-c2cccc(F)c2)c2c(=O)nc[nH]c2n1. The number of rotatable bonds is 4. The van der Waals surface area contributed by atoms with E-state index in [2.05, 4.69) is 19.9 Å². The van der Waals surface area contributed by atoms with Crippen LogP contribution in [0, 0.1) is 5.82 Å². The predicted octanol–water partition coefficient (Wildman–Crippen LogP) is 3.37. The number of H-pyrrole nitrogens is 1. The van der Waals surface area contributed by atoms with E-state index in [1.165, 1.54) is 45.4 Å². The molecule has 36 heavy (non-hydrogen) atoms. The molecule has 1 saturated heterocycles. The molecule has 1 unspecified atom stereocenters. The number of hydrogen-bond donors (Lipinski definition) is 1. The minimum absolute atomic E-state index is 0.187. The number of aromatic nitrogens is 7. The fourth-order valence-electron chi connectivity index (χ4n) is 4.66. The Kier molecular flexibility index (Phi) is 5.49. The molecule has 5 aromatic rings. The molecule has 4 aromatic heterocycles. The number of nitrogens with zero attached hydrogens (tertiary/aromatic N) is 7. The minimum Gasteiger partial charge on any atom is -0.345 e.